The predicted molar refractivity (Wildman–Crippen MR) is 147 cm³/mol. The second-order valence-corrected chi connectivity index (χ2v) is 10.4. The first-order valence-corrected chi connectivity index (χ1v) is 13.6. The Labute approximate surface area is 232 Å². The Morgan fingerprint density at radius 1 is 1.21 bits per heavy atom. The molecular weight excluding hydrogens is 525 g/mol. The Hall–Kier alpha value is -3.21. The Morgan fingerprint density at radius 2 is 2.00 bits per heavy atom. The number of nitrogens with one attached hydrogen (secondary N) is 1. The molecule has 0 saturated carbocycles. The SMILES string of the molecule is CCC(Oc1cc2c(Nc3ccc(F)c(Cl)c3)ncnc2cc1OC)N1CCC(N2CC(=O)OC(C)C2)CC1. The topological polar surface area (TPSA) is 89.0 Å². The first-order chi connectivity index (χ1) is 18.8. The molecule has 3 aromatic rings. The van der Waals surface area contributed by atoms with Gasteiger partial charge in [0.15, 0.2) is 17.7 Å². The molecular formula is C28H33ClFN5O4. The summed E-state index contributed by atoms with van der Waals surface area (Å²) in [5.74, 6) is 1.07. The van der Waals surface area contributed by atoms with Gasteiger partial charge in [-0.2, -0.15) is 0 Å². The minimum absolute atomic E-state index is 0.0216. The van der Waals surface area contributed by atoms with E-state index in [2.05, 4.69) is 32.0 Å². The predicted octanol–water partition coefficient (Wildman–Crippen LogP) is 5.00. The van der Waals surface area contributed by atoms with Crippen LogP contribution in [0, 0.1) is 5.82 Å². The number of nitrogens with zero attached hydrogens (tertiary/aromatic N) is 4. The van der Waals surface area contributed by atoms with E-state index in [1.165, 1.54) is 18.5 Å². The lowest BCUT2D eigenvalue weighted by atomic mass is 10.0. The summed E-state index contributed by atoms with van der Waals surface area (Å²) in [4.78, 5) is 25.3. The van der Waals surface area contributed by atoms with Crippen molar-refractivity contribution in [3.05, 3.63) is 47.5 Å². The molecule has 2 aromatic carbocycles. The summed E-state index contributed by atoms with van der Waals surface area (Å²) >= 11 is 5.96. The maximum atomic E-state index is 13.6. The Kier molecular flexibility index (Phi) is 8.34. The van der Waals surface area contributed by atoms with Crippen molar-refractivity contribution in [3.63, 3.8) is 0 Å². The minimum Gasteiger partial charge on any atom is -0.493 e. The zero-order chi connectivity index (χ0) is 27.5. The van der Waals surface area contributed by atoms with Crippen molar-refractivity contribution in [1.29, 1.82) is 0 Å². The molecule has 1 aromatic heterocycles. The molecule has 0 bridgehead atoms. The second kappa shape index (κ2) is 11.9. The molecule has 2 saturated heterocycles. The van der Waals surface area contributed by atoms with Gasteiger partial charge in [-0.05, 0) is 50.5 Å². The summed E-state index contributed by atoms with van der Waals surface area (Å²) in [6.45, 7) is 6.90. The van der Waals surface area contributed by atoms with E-state index < -0.39 is 5.82 Å². The number of methoxy groups -OCH3 is 1. The third-order valence-electron chi connectivity index (χ3n) is 7.29. The molecule has 1 N–H and O–H groups in total. The summed E-state index contributed by atoms with van der Waals surface area (Å²) in [7, 11) is 1.60. The molecule has 9 nitrogen and oxygen atoms in total. The molecule has 2 atom stereocenters. The number of hydrogen-bond acceptors (Lipinski definition) is 9. The van der Waals surface area contributed by atoms with Crippen LogP contribution in [0.3, 0.4) is 0 Å². The normalized spacial score (nSPS) is 20.0. The number of carbonyl (C=O) groups is 1. The van der Waals surface area contributed by atoms with Crippen molar-refractivity contribution in [2.45, 2.75) is 51.5 Å². The number of hydrogen-bond donors (Lipinski definition) is 1. The quantitative estimate of drug-likeness (QED) is 0.384. The van der Waals surface area contributed by atoms with Crippen molar-refractivity contribution < 1.29 is 23.4 Å². The largest absolute Gasteiger partial charge is 0.493 e. The molecule has 3 heterocycles. The smallest absolute Gasteiger partial charge is 0.320 e. The Morgan fingerprint density at radius 3 is 2.69 bits per heavy atom. The van der Waals surface area contributed by atoms with E-state index in [1.54, 1.807) is 13.2 Å². The van der Waals surface area contributed by atoms with Crippen LogP contribution in [0.25, 0.3) is 10.9 Å². The molecule has 0 aliphatic carbocycles. The summed E-state index contributed by atoms with van der Waals surface area (Å²) in [6.07, 6.45) is 3.92. The van der Waals surface area contributed by atoms with E-state index in [0.29, 0.717) is 41.1 Å². The number of ether oxygens (including phenoxy) is 3. The number of aromatic nitrogens is 2. The lowest BCUT2D eigenvalue weighted by Crippen LogP contribution is -2.54. The summed E-state index contributed by atoms with van der Waals surface area (Å²) in [5, 5.41) is 3.96. The highest BCUT2D eigenvalue weighted by atomic mass is 35.5. The molecule has 2 aliphatic rings. The monoisotopic (exact) mass is 557 g/mol. The van der Waals surface area contributed by atoms with Gasteiger partial charge in [0.05, 0.1) is 24.2 Å². The van der Waals surface area contributed by atoms with Crippen LogP contribution in [0.1, 0.15) is 33.1 Å². The van der Waals surface area contributed by atoms with Gasteiger partial charge in [0, 0.05) is 42.8 Å². The van der Waals surface area contributed by atoms with Crippen LogP contribution in [0.4, 0.5) is 15.9 Å². The van der Waals surface area contributed by atoms with E-state index in [9.17, 15) is 9.18 Å². The highest BCUT2D eigenvalue weighted by molar-refractivity contribution is 6.31. The van der Waals surface area contributed by atoms with Crippen molar-refractivity contribution in [2.75, 3.05) is 38.6 Å². The fraction of sp³-hybridized carbons (Fsp3) is 0.464. The summed E-state index contributed by atoms with van der Waals surface area (Å²) in [5.41, 5.74) is 1.28. The number of fused-ring (bicyclic) bond motifs is 1. The summed E-state index contributed by atoms with van der Waals surface area (Å²) < 4.78 is 31.1. The van der Waals surface area contributed by atoms with Gasteiger partial charge in [0.1, 0.15) is 24.1 Å². The fourth-order valence-electron chi connectivity index (χ4n) is 5.37. The first-order valence-electron chi connectivity index (χ1n) is 13.2. The van der Waals surface area contributed by atoms with Crippen LogP contribution in [0.2, 0.25) is 5.02 Å². The van der Waals surface area contributed by atoms with Gasteiger partial charge in [-0.25, -0.2) is 14.4 Å². The molecule has 208 valence electrons. The highest BCUT2D eigenvalue weighted by Crippen LogP contribution is 2.36. The van der Waals surface area contributed by atoms with E-state index >= 15 is 0 Å². The number of anilines is 2. The number of esters is 1. The lowest BCUT2D eigenvalue weighted by Gasteiger charge is -2.42. The van der Waals surface area contributed by atoms with E-state index in [-0.39, 0.29) is 23.3 Å². The zero-order valence-electron chi connectivity index (χ0n) is 22.3. The van der Waals surface area contributed by atoms with Crippen LogP contribution < -0.4 is 14.8 Å². The number of piperidine rings is 1. The van der Waals surface area contributed by atoms with Crippen molar-refractivity contribution >= 4 is 40.0 Å². The van der Waals surface area contributed by atoms with Crippen LogP contribution in [-0.2, 0) is 9.53 Å². The van der Waals surface area contributed by atoms with E-state index in [4.69, 9.17) is 25.8 Å². The van der Waals surface area contributed by atoms with E-state index in [0.717, 1.165) is 44.3 Å². The maximum Gasteiger partial charge on any atom is 0.320 e. The Balaban J connectivity index is 1.33. The van der Waals surface area contributed by atoms with Gasteiger partial charge in [0.25, 0.3) is 0 Å². The Bertz CT molecular complexity index is 1340. The van der Waals surface area contributed by atoms with E-state index in [1.807, 2.05) is 19.1 Å². The molecule has 0 spiro atoms. The number of rotatable bonds is 8. The summed E-state index contributed by atoms with van der Waals surface area (Å²) in [6, 6.07) is 8.46. The number of likely N-dealkylation sites (tertiary alicyclic amines) is 1. The number of halogens is 2. The number of carbonyl (C=O) groups excluding carboxylic acids is 1. The number of cyclic esters (lactones) is 1. The third-order valence-corrected chi connectivity index (χ3v) is 7.58. The highest BCUT2D eigenvalue weighted by Gasteiger charge is 2.33. The zero-order valence-corrected chi connectivity index (χ0v) is 23.1. The molecule has 0 amide bonds. The molecule has 11 heteroatoms. The van der Waals surface area contributed by atoms with Gasteiger partial charge in [-0.1, -0.05) is 18.5 Å². The standard InChI is InChI=1S/C28H33ClFN5O4/c1-4-26(34-9-7-19(8-10-34)35-14-17(2)38-27(36)15-35)39-25-12-20-23(13-24(25)37-3)31-16-32-28(20)33-18-5-6-22(30)21(29)11-18/h5-6,11-13,16-17,19,26H,4,7-10,14-15H2,1-3H3,(H,31,32,33). The van der Waals surface area contributed by atoms with Crippen LogP contribution in [-0.4, -0.2) is 77.4 Å². The molecule has 39 heavy (non-hydrogen) atoms. The number of morpholine rings is 1. The van der Waals surface area contributed by atoms with Gasteiger partial charge in [0.2, 0.25) is 0 Å². The molecule has 5 rings (SSSR count). The van der Waals surface area contributed by atoms with Crippen LogP contribution >= 0.6 is 11.6 Å². The number of benzene rings is 2. The molecule has 0 radical (unpaired) electrons. The lowest BCUT2D eigenvalue weighted by molar-refractivity contribution is -0.159. The van der Waals surface area contributed by atoms with Crippen molar-refractivity contribution in [2.24, 2.45) is 0 Å². The molecule has 2 unspecified atom stereocenters. The average Bonchev–Trinajstić information content (AvgIpc) is 2.93. The van der Waals surface area contributed by atoms with Crippen LogP contribution in [0.5, 0.6) is 11.5 Å². The minimum atomic E-state index is -0.488. The fourth-order valence-corrected chi connectivity index (χ4v) is 5.55. The maximum absolute atomic E-state index is 13.6. The van der Waals surface area contributed by atoms with Gasteiger partial charge < -0.3 is 19.5 Å². The van der Waals surface area contributed by atoms with Gasteiger partial charge in [-0.15, -0.1) is 0 Å². The van der Waals surface area contributed by atoms with Crippen molar-refractivity contribution in [3.8, 4) is 11.5 Å². The first kappa shape index (κ1) is 27.4. The average molecular weight is 558 g/mol. The molecule has 2 aliphatic heterocycles. The van der Waals surface area contributed by atoms with Gasteiger partial charge in [-0.3, -0.25) is 14.6 Å². The second-order valence-electron chi connectivity index (χ2n) is 9.97. The molecule has 2 fully saturated rings. The van der Waals surface area contributed by atoms with Gasteiger partial charge >= 0.3 is 5.97 Å². The van der Waals surface area contributed by atoms with Crippen LogP contribution in [0.15, 0.2) is 36.7 Å². The third kappa shape index (κ3) is 6.18. The van der Waals surface area contributed by atoms with Crippen molar-refractivity contribution in [1.82, 2.24) is 19.8 Å².